The van der Waals surface area contributed by atoms with Crippen molar-refractivity contribution in [2.24, 2.45) is 0 Å². The molecule has 7 nitrogen and oxygen atoms in total. The molecular formula is C15H17N3O4S. The second-order valence-electron chi connectivity index (χ2n) is 5.63. The lowest BCUT2D eigenvalue weighted by atomic mass is 9.86. The van der Waals surface area contributed by atoms with Gasteiger partial charge < -0.3 is 10.4 Å². The van der Waals surface area contributed by atoms with Crippen LogP contribution in [0.15, 0.2) is 4.79 Å². The quantitative estimate of drug-likeness (QED) is 0.872. The van der Waals surface area contributed by atoms with Crippen LogP contribution in [0, 0.1) is 6.92 Å². The van der Waals surface area contributed by atoms with Gasteiger partial charge in [0.1, 0.15) is 17.2 Å². The van der Waals surface area contributed by atoms with Crippen molar-refractivity contribution < 1.29 is 14.7 Å². The Morgan fingerprint density at radius 3 is 2.87 bits per heavy atom. The molecule has 2 aromatic heterocycles. The highest BCUT2D eigenvalue weighted by Crippen LogP contribution is 2.40. The molecule has 3 rings (SSSR count). The first-order valence-corrected chi connectivity index (χ1v) is 8.21. The molecule has 2 N–H and O–H groups in total. The van der Waals surface area contributed by atoms with E-state index < -0.39 is 11.9 Å². The Kier molecular flexibility index (Phi) is 3.93. The molecule has 8 heteroatoms. The second kappa shape index (κ2) is 5.77. The highest BCUT2D eigenvalue weighted by atomic mass is 32.1. The molecule has 1 aliphatic rings. The fourth-order valence-electron chi connectivity index (χ4n) is 3.07. The number of fused-ring (bicyclic) bond motifs is 3. The van der Waals surface area contributed by atoms with Gasteiger partial charge in [0, 0.05) is 11.9 Å². The predicted octanol–water partition coefficient (Wildman–Crippen LogP) is 1.02. The van der Waals surface area contributed by atoms with Crippen LogP contribution in [0.5, 0.6) is 0 Å². The molecule has 0 fully saturated rings. The largest absolute Gasteiger partial charge is 0.481 e. The first-order valence-electron chi connectivity index (χ1n) is 7.40. The van der Waals surface area contributed by atoms with Crippen molar-refractivity contribution in [2.45, 2.75) is 38.6 Å². The maximum Gasteiger partial charge on any atom is 0.311 e. The standard InChI is InChI=1S/C15H17N3O4S/c1-7-17-13-12(14(20)18(7)6-10(19)16-2)11-8(15(21)22)4-3-5-9(11)23-13/h8H,3-6H2,1-2H3,(H,16,19)(H,21,22). The van der Waals surface area contributed by atoms with Crippen LogP contribution < -0.4 is 10.9 Å². The fourth-order valence-corrected chi connectivity index (χ4v) is 4.38. The van der Waals surface area contributed by atoms with Crippen LogP contribution in [-0.4, -0.2) is 33.6 Å². The van der Waals surface area contributed by atoms with Crippen LogP contribution in [0.1, 0.15) is 35.0 Å². The van der Waals surface area contributed by atoms with Gasteiger partial charge in [0.25, 0.3) is 5.56 Å². The summed E-state index contributed by atoms with van der Waals surface area (Å²) in [6.45, 7) is 1.56. The Balaban J connectivity index is 2.27. The zero-order valence-electron chi connectivity index (χ0n) is 12.9. The lowest BCUT2D eigenvalue weighted by Gasteiger charge is -2.19. The van der Waals surface area contributed by atoms with Crippen molar-refractivity contribution in [2.75, 3.05) is 7.05 Å². The van der Waals surface area contributed by atoms with Gasteiger partial charge in [-0.2, -0.15) is 0 Å². The summed E-state index contributed by atoms with van der Waals surface area (Å²) < 4.78 is 1.31. The molecule has 0 aliphatic heterocycles. The number of carboxylic acids is 1. The Morgan fingerprint density at radius 2 is 2.22 bits per heavy atom. The molecule has 0 saturated heterocycles. The number of rotatable bonds is 3. The van der Waals surface area contributed by atoms with E-state index in [0.29, 0.717) is 28.0 Å². The molecule has 0 saturated carbocycles. The maximum absolute atomic E-state index is 12.9. The Bertz CT molecular complexity index is 868. The molecule has 2 heterocycles. The van der Waals surface area contributed by atoms with E-state index in [2.05, 4.69) is 10.3 Å². The van der Waals surface area contributed by atoms with Gasteiger partial charge in [0.2, 0.25) is 5.91 Å². The number of amides is 1. The average Bonchev–Trinajstić information content (AvgIpc) is 2.88. The summed E-state index contributed by atoms with van der Waals surface area (Å²) in [5.74, 6) is -1.42. The summed E-state index contributed by atoms with van der Waals surface area (Å²) in [4.78, 5) is 42.0. The third kappa shape index (κ3) is 2.52. The molecule has 1 unspecified atom stereocenters. The van der Waals surface area contributed by atoms with Gasteiger partial charge in [0.15, 0.2) is 0 Å². The Hall–Kier alpha value is -2.22. The fraction of sp³-hybridized carbons (Fsp3) is 0.467. The summed E-state index contributed by atoms with van der Waals surface area (Å²) in [6, 6.07) is 0. The van der Waals surface area contributed by atoms with E-state index in [9.17, 15) is 19.5 Å². The third-order valence-corrected chi connectivity index (χ3v) is 5.40. The first kappa shape index (κ1) is 15.7. The Morgan fingerprint density at radius 1 is 1.48 bits per heavy atom. The van der Waals surface area contributed by atoms with E-state index in [1.807, 2.05) is 0 Å². The molecule has 2 aromatic rings. The van der Waals surface area contributed by atoms with Gasteiger partial charge in [-0.25, -0.2) is 4.98 Å². The molecule has 1 amide bonds. The minimum atomic E-state index is -0.913. The number of aliphatic carboxylic acids is 1. The van der Waals surface area contributed by atoms with Crippen molar-refractivity contribution in [1.29, 1.82) is 0 Å². The number of likely N-dealkylation sites (N-methyl/N-ethyl adjacent to an activating group) is 1. The average molecular weight is 335 g/mol. The maximum atomic E-state index is 12.9. The van der Waals surface area contributed by atoms with Crippen LogP contribution in [0.25, 0.3) is 10.2 Å². The van der Waals surface area contributed by atoms with Gasteiger partial charge >= 0.3 is 5.97 Å². The monoisotopic (exact) mass is 335 g/mol. The van der Waals surface area contributed by atoms with E-state index in [0.717, 1.165) is 17.7 Å². The van der Waals surface area contributed by atoms with E-state index >= 15 is 0 Å². The van der Waals surface area contributed by atoms with Gasteiger partial charge in [-0.1, -0.05) is 0 Å². The van der Waals surface area contributed by atoms with Gasteiger partial charge in [-0.15, -0.1) is 11.3 Å². The number of carbonyl (C=O) groups is 2. The van der Waals surface area contributed by atoms with Crippen LogP contribution in [0.3, 0.4) is 0 Å². The summed E-state index contributed by atoms with van der Waals surface area (Å²) in [5.41, 5.74) is 0.272. The smallest absolute Gasteiger partial charge is 0.311 e. The molecule has 0 radical (unpaired) electrons. The lowest BCUT2D eigenvalue weighted by Crippen LogP contribution is -2.32. The number of hydrogen-bond acceptors (Lipinski definition) is 5. The van der Waals surface area contributed by atoms with E-state index in [4.69, 9.17) is 0 Å². The van der Waals surface area contributed by atoms with Crippen LogP contribution in [0.4, 0.5) is 0 Å². The molecule has 23 heavy (non-hydrogen) atoms. The van der Waals surface area contributed by atoms with Crippen molar-refractivity contribution in [3.63, 3.8) is 0 Å². The van der Waals surface area contributed by atoms with Crippen LogP contribution >= 0.6 is 11.3 Å². The molecule has 122 valence electrons. The Labute approximate surface area is 136 Å². The van der Waals surface area contributed by atoms with Crippen molar-refractivity contribution in [3.05, 3.63) is 26.6 Å². The van der Waals surface area contributed by atoms with Crippen molar-refractivity contribution in [3.8, 4) is 0 Å². The normalized spacial score (nSPS) is 17.0. The molecule has 1 aliphatic carbocycles. The molecular weight excluding hydrogens is 318 g/mol. The van der Waals surface area contributed by atoms with E-state index in [1.165, 1.54) is 23.0 Å². The summed E-state index contributed by atoms with van der Waals surface area (Å²) in [5, 5.41) is 12.3. The van der Waals surface area contributed by atoms with Crippen LogP contribution in [-0.2, 0) is 22.6 Å². The number of carboxylic acid groups (broad SMARTS) is 1. The highest BCUT2D eigenvalue weighted by molar-refractivity contribution is 7.18. The summed E-state index contributed by atoms with van der Waals surface area (Å²) in [7, 11) is 1.50. The third-order valence-electron chi connectivity index (χ3n) is 4.24. The van der Waals surface area contributed by atoms with Crippen molar-refractivity contribution >= 4 is 33.4 Å². The van der Waals surface area contributed by atoms with Crippen LogP contribution in [0.2, 0.25) is 0 Å². The van der Waals surface area contributed by atoms with Gasteiger partial charge in [-0.3, -0.25) is 19.0 Å². The SMILES string of the molecule is CNC(=O)Cn1c(C)nc2sc3c(c2c1=O)C(C(=O)O)CCC3. The predicted molar refractivity (Wildman–Crippen MR) is 86.0 cm³/mol. The lowest BCUT2D eigenvalue weighted by molar-refractivity contribution is -0.139. The number of hydrogen-bond donors (Lipinski definition) is 2. The van der Waals surface area contributed by atoms with Gasteiger partial charge in [-0.05, 0) is 31.7 Å². The topological polar surface area (TPSA) is 101 Å². The highest BCUT2D eigenvalue weighted by Gasteiger charge is 2.32. The number of nitrogens with zero attached hydrogens (tertiary/aromatic N) is 2. The van der Waals surface area contributed by atoms with Gasteiger partial charge in [0.05, 0.1) is 11.3 Å². The van der Waals surface area contributed by atoms with E-state index in [-0.39, 0.29) is 18.0 Å². The molecule has 0 bridgehead atoms. The summed E-state index contributed by atoms with van der Waals surface area (Å²) >= 11 is 1.39. The number of aromatic nitrogens is 2. The van der Waals surface area contributed by atoms with Crippen molar-refractivity contribution in [1.82, 2.24) is 14.9 Å². The summed E-state index contributed by atoms with van der Waals surface area (Å²) in [6.07, 6.45) is 2.09. The molecule has 1 atom stereocenters. The molecule has 0 spiro atoms. The second-order valence-corrected chi connectivity index (χ2v) is 6.71. The number of thiophene rings is 1. The van der Waals surface area contributed by atoms with E-state index in [1.54, 1.807) is 6.92 Å². The minimum absolute atomic E-state index is 0.119. The number of carbonyl (C=O) groups excluding carboxylic acids is 1. The number of nitrogens with one attached hydrogen (secondary N) is 1. The minimum Gasteiger partial charge on any atom is -0.481 e. The number of aryl methyl sites for hydroxylation is 2. The zero-order chi connectivity index (χ0) is 16.7. The first-order chi connectivity index (χ1) is 10.9. The zero-order valence-corrected chi connectivity index (χ0v) is 13.7. The molecule has 0 aromatic carbocycles.